The van der Waals surface area contributed by atoms with Gasteiger partial charge in [-0.1, -0.05) is 28.1 Å². The molecule has 152 valence electrons. The fourth-order valence-corrected chi connectivity index (χ4v) is 3.18. The summed E-state index contributed by atoms with van der Waals surface area (Å²) in [4.78, 5) is 16.2. The van der Waals surface area contributed by atoms with Crippen LogP contribution in [0.5, 0.6) is 0 Å². The summed E-state index contributed by atoms with van der Waals surface area (Å²) in [5.41, 5.74) is 1.35. The van der Waals surface area contributed by atoms with Crippen LogP contribution in [0.4, 0.5) is 8.78 Å². The summed E-state index contributed by atoms with van der Waals surface area (Å²) in [6.45, 7) is 1.97. The van der Waals surface area contributed by atoms with Crippen molar-refractivity contribution in [1.82, 2.24) is 10.3 Å². The zero-order chi connectivity index (χ0) is 20.8. The minimum Gasteiger partial charge on any atom is -0.441 e. The normalized spacial score (nSPS) is 12.0. The van der Waals surface area contributed by atoms with Crippen LogP contribution in [0.25, 0.3) is 11.3 Å². The van der Waals surface area contributed by atoms with Gasteiger partial charge in [0.15, 0.2) is 11.7 Å². The van der Waals surface area contributed by atoms with Crippen LogP contribution in [0.1, 0.15) is 31.2 Å². The van der Waals surface area contributed by atoms with Gasteiger partial charge in [0.1, 0.15) is 11.6 Å². The third-order valence-corrected chi connectivity index (χ3v) is 5.03. The van der Waals surface area contributed by atoms with E-state index in [2.05, 4.69) is 38.4 Å². The Bertz CT molecular complexity index is 973. The van der Waals surface area contributed by atoms with Gasteiger partial charge in [-0.15, -0.1) is 0 Å². The number of aryl methyl sites for hydroxylation is 2. The van der Waals surface area contributed by atoms with Crippen molar-refractivity contribution in [2.75, 3.05) is 0 Å². The summed E-state index contributed by atoms with van der Waals surface area (Å²) in [6.07, 6.45) is 3.61. The molecule has 1 unspecified atom stereocenters. The third-order valence-electron chi connectivity index (χ3n) is 4.50. The molecular formula is C22H21BrF2N2O2. The van der Waals surface area contributed by atoms with E-state index in [0.717, 1.165) is 29.4 Å². The fourth-order valence-electron chi connectivity index (χ4n) is 2.91. The highest BCUT2D eigenvalue weighted by atomic mass is 79.9. The number of nitrogens with one attached hydrogen (secondary N) is 1. The van der Waals surface area contributed by atoms with Gasteiger partial charge >= 0.3 is 0 Å². The number of aromatic nitrogens is 1. The van der Waals surface area contributed by atoms with Crippen molar-refractivity contribution in [2.24, 2.45) is 0 Å². The number of hydrogen-bond donors (Lipinski definition) is 1. The van der Waals surface area contributed by atoms with Crippen LogP contribution >= 0.6 is 15.9 Å². The number of hydrogen-bond acceptors (Lipinski definition) is 3. The first kappa shape index (κ1) is 21.2. The minimum absolute atomic E-state index is 0.0413. The Morgan fingerprint density at radius 3 is 2.66 bits per heavy atom. The maximum Gasteiger partial charge on any atom is 0.220 e. The van der Waals surface area contributed by atoms with E-state index in [4.69, 9.17) is 4.42 Å². The van der Waals surface area contributed by atoms with Gasteiger partial charge in [0.25, 0.3) is 0 Å². The standard InChI is InChI=1S/C22H21BrF2N2O2/c1-14(2-3-15-4-6-16(23)7-5-15)27-21(28)10-11-22-26-13-20(29-22)18-9-8-17(24)12-19(18)25/h4-9,12-14H,2-3,10-11H2,1H3,(H,27,28). The van der Waals surface area contributed by atoms with Crippen molar-refractivity contribution in [3.05, 3.63) is 76.2 Å². The number of amides is 1. The molecule has 1 heterocycles. The van der Waals surface area contributed by atoms with E-state index in [1.54, 1.807) is 0 Å². The molecule has 1 amide bonds. The molecule has 0 saturated heterocycles. The fraction of sp³-hybridized carbons (Fsp3) is 0.273. The van der Waals surface area contributed by atoms with Gasteiger partial charge in [-0.05, 0) is 49.6 Å². The molecule has 0 fully saturated rings. The molecule has 0 spiro atoms. The van der Waals surface area contributed by atoms with Gasteiger partial charge in [-0.25, -0.2) is 13.8 Å². The van der Waals surface area contributed by atoms with Gasteiger partial charge in [-0.3, -0.25) is 4.79 Å². The van der Waals surface area contributed by atoms with Crippen LogP contribution < -0.4 is 5.32 Å². The average molecular weight is 463 g/mol. The molecule has 0 saturated carbocycles. The number of carbonyl (C=O) groups is 1. The van der Waals surface area contributed by atoms with Crippen LogP contribution in [-0.2, 0) is 17.6 Å². The zero-order valence-corrected chi connectivity index (χ0v) is 17.5. The predicted molar refractivity (Wildman–Crippen MR) is 110 cm³/mol. The summed E-state index contributed by atoms with van der Waals surface area (Å²) in [5.74, 6) is -0.926. The molecule has 2 aromatic carbocycles. The highest BCUT2D eigenvalue weighted by Gasteiger charge is 2.14. The molecule has 1 atom stereocenters. The number of rotatable bonds is 8. The van der Waals surface area contributed by atoms with E-state index in [1.165, 1.54) is 17.8 Å². The smallest absolute Gasteiger partial charge is 0.220 e. The predicted octanol–water partition coefficient (Wildman–Crippen LogP) is 5.45. The topological polar surface area (TPSA) is 55.1 Å². The van der Waals surface area contributed by atoms with Gasteiger partial charge in [0.2, 0.25) is 5.91 Å². The second kappa shape index (κ2) is 9.78. The van der Waals surface area contributed by atoms with Crippen molar-refractivity contribution >= 4 is 21.8 Å². The SMILES string of the molecule is CC(CCc1ccc(Br)cc1)NC(=O)CCc1ncc(-c2ccc(F)cc2F)o1. The largest absolute Gasteiger partial charge is 0.441 e. The number of nitrogens with zero attached hydrogens (tertiary/aromatic N) is 1. The van der Waals surface area contributed by atoms with Crippen molar-refractivity contribution in [3.8, 4) is 11.3 Å². The first-order chi connectivity index (χ1) is 13.9. The van der Waals surface area contributed by atoms with Crippen LogP contribution in [0.3, 0.4) is 0 Å². The first-order valence-corrected chi connectivity index (χ1v) is 10.1. The Hall–Kier alpha value is -2.54. The molecular weight excluding hydrogens is 442 g/mol. The molecule has 4 nitrogen and oxygen atoms in total. The van der Waals surface area contributed by atoms with Gasteiger partial charge < -0.3 is 9.73 Å². The molecule has 3 aromatic rings. The Labute approximate surface area is 176 Å². The maximum absolute atomic E-state index is 13.8. The molecule has 1 N–H and O–H groups in total. The lowest BCUT2D eigenvalue weighted by atomic mass is 10.1. The van der Waals surface area contributed by atoms with Crippen LogP contribution in [-0.4, -0.2) is 16.9 Å². The summed E-state index contributed by atoms with van der Waals surface area (Å²) in [5, 5.41) is 2.97. The Morgan fingerprint density at radius 2 is 1.93 bits per heavy atom. The molecule has 0 aliphatic rings. The lowest BCUT2D eigenvalue weighted by molar-refractivity contribution is -0.121. The quantitative estimate of drug-likeness (QED) is 0.483. The van der Waals surface area contributed by atoms with Crippen molar-refractivity contribution in [1.29, 1.82) is 0 Å². The Morgan fingerprint density at radius 1 is 1.17 bits per heavy atom. The van der Waals surface area contributed by atoms with Crippen LogP contribution in [0.2, 0.25) is 0 Å². The number of benzene rings is 2. The second-order valence-electron chi connectivity index (χ2n) is 6.88. The van der Waals surface area contributed by atoms with E-state index in [9.17, 15) is 13.6 Å². The first-order valence-electron chi connectivity index (χ1n) is 9.34. The van der Waals surface area contributed by atoms with Crippen LogP contribution in [0.15, 0.2) is 57.6 Å². The molecule has 7 heteroatoms. The Balaban J connectivity index is 1.45. The van der Waals surface area contributed by atoms with Gasteiger partial charge in [-0.2, -0.15) is 0 Å². The second-order valence-corrected chi connectivity index (χ2v) is 7.79. The molecule has 29 heavy (non-hydrogen) atoms. The third kappa shape index (κ3) is 6.22. The summed E-state index contributed by atoms with van der Waals surface area (Å²) >= 11 is 3.41. The highest BCUT2D eigenvalue weighted by molar-refractivity contribution is 9.10. The molecule has 0 aliphatic carbocycles. The molecule has 1 aromatic heterocycles. The number of halogens is 3. The highest BCUT2D eigenvalue weighted by Crippen LogP contribution is 2.24. The van der Waals surface area contributed by atoms with E-state index in [-0.39, 0.29) is 29.7 Å². The summed E-state index contributed by atoms with van der Waals surface area (Å²) in [7, 11) is 0. The van der Waals surface area contributed by atoms with E-state index in [0.29, 0.717) is 12.3 Å². The molecule has 0 bridgehead atoms. The zero-order valence-electron chi connectivity index (χ0n) is 15.9. The number of oxazole rings is 1. The van der Waals surface area contributed by atoms with E-state index < -0.39 is 11.6 Å². The lowest BCUT2D eigenvalue weighted by Crippen LogP contribution is -2.33. The van der Waals surface area contributed by atoms with Crippen molar-refractivity contribution < 1.29 is 18.0 Å². The monoisotopic (exact) mass is 462 g/mol. The average Bonchev–Trinajstić information content (AvgIpc) is 3.14. The maximum atomic E-state index is 13.8. The van der Waals surface area contributed by atoms with Crippen LogP contribution in [0, 0.1) is 11.6 Å². The van der Waals surface area contributed by atoms with Gasteiger partial charge in [0, 0.05) is 29.4 Å². The lowest BCUT2D eigenvalue weighted by Gasteiger charge is -2.13. The Kier molecular flexibility index (Phi) is 7.14. The molecule has 0 aliphatic heterocycles. The van der Waals surface area contributed by atoms with Crippen molar-refractivity contribution in [2.45, 2.75) is 38.6 Å². The van der Waals surface area contributed by atoms with Gasteiger partial charge in [0.05, 0.1) is 11.8 Å². The molecule has 3 rings (SSSR count). The summed E-state index contributed by atoms with van der Waals surface area (Å²) in [6, 6.07) is 11.4. The van der Waals surface area contributed by atoms with E-state index >= 15 is 0 Å². The minimum atomic E-state index is -0.718. The van der Waals surface area contributed by atoms with Crippen molar-refractivity contribution in [3.63, 3.8) is 0 Å². The number of carbonyl (C=O) groups excluding carboxylic acids is 1. The molecule has 0 radical (unpaired) electrons. The van der Waals surface area contributed by atoms with E-state index in [1.807, 2.05) is 19.1 Å². The summed E-state index contributed by atoms with van der Waals surface area (Å²) < 4.78 is 33.4.